The highest BCUT2D eigenvalue weighted by Crippen LogP contribution is 2.07. The van der Waals surface area contributed by atoms with Gasteiger partial charge in [0.05, 0.1) is 0 Å². The largest absolute Gasteiger partial charge is 0.444 e. The highest BCUT2D eigenvalue weighted by atomic mass is 19.1. The molecule has 1 aromatic rings. The van der Waals surface area contributed by atoms with Gasteiger partial charge in [-0.05, 0) is 44.9 Å². The van der Waals surface area contributed by atoms with Gasteiger partial charge in [0.2, 0.25) is 0 Å². The minimum absolute atomic E-state index is 0.247. The highest BCUT2D eigenvalue weighted by Gasteiger charge is 2.14. The Morgan fingerprint density at radius 2 is 1.95 bits per heavy atom. The number of hydrogen-bond donors (Lipinski definition) is 1. The number of carbonyl (C=O) groups is 1. The van der Waals surface area contributed by atoms with Crippen molar-refractivity contribution < 1.29 is 13.9 Å². The van der Waals surface area contributed by atoms with Crippen LogP contribution >= 0.6 is 0 Å². The van der Waals surface area contributed by atoms with Gasteiger partial charge >= 0.3 is 6.09 Å². The fraction of sp³-hybridized carbons (Fsp3) is 0.400. The average molecular weight is 265 g/mol. The molecule has 0 bridgehead atoms. The van der Waals surface area contributed by atoms with Crippen LogP contribution in [-0.2, 0) is 4.74 Å². The second-order valence-corrected chi connectivity index (χ2v) is 5.17. The van der Waals surface area contributed by atoms with Crippen molar-refractivity contribution in [2.75, 3.05) is 6.54 Å². The summed E-state index contributed by atoms with van der Waals surface area (Å²) in [5, 5.41) is 2.66. The van der Waals surface area contributed by atoms with Crippen molar-refractivity contribution in [3.63, 3.8) is 0 Å². The molecule has 104 valence electrons. The molecule has 0 aliphatic rings. The van der Waals surface area contributed by atoms with Crippen LogP contribution in [0.25, 0.3) is 6.08 Å². The summed E-state index contributed by atoms with van der Waals surface area (Å²) >= 11 is 0. The molecule has 1 aromatic carbocycles. The lowest BCUT2D eigenvalue weighted by Gasteiger charge is -2.19. The molecule has 0 aliphatic carbocycles. The molecule has 0 heterocycles. The van der Waals surface area contributed by atoms with Crippen molar-refractivity contribution in [3.05, 3.63) is 41.7 Å². The van der Waals surface area contributed by atoms with Crippen molar-refractivity contribution in [3.8, 4) is 0 Å². The Morgan fingerprint density at radius 1 is 1.32 bits per heavy atom. The number of ether oxygens (including phenoxy) is 1. The molecule has 0 aliphatic heterocycles. The average Bonchev–Trinajstić information content (AvgIpc) is 2.29. The van der Waals surface area contributed by atoms with Gasteiger partial charge in [0.15, 0.2) is 0 Å². The lowest BCUT2D eigenvalue weighted by Crippen LogP contribution is -2.32. The fourth-order valence-electron chi connectivity index (χ4n) is 1.37. The standard InChI is InChI=1S/C15H20FNO2/c1-15(2,3)19-14(18)17-11-5-4-6-12-7-9-13(16)10-8-12/h4,6-10H,5,11H2,1-3H3,(H,17,18). The van der Waals surface area contributed by atoms with Gasteiger partial charge in [-0.15, -0.1) is 0 Å². The summed E-state index contributed by atoms with van der Waals surface area (Å²) in [7, 11) is 0. The lowest BCUT2D eigenvalue weighted by molar-refractivity contribution is 0.0529. The topological polar surface area (TPSA) is 38.3 Å². The summed E-state index contributed by atoms with van der Waals surface area (Å²) in [6, 6.07) is 6.23. The van der Waals surface area contributed by atoms with Gasteiger partial charge in [-0.3, -0.25) is 0 Å². The highest BCUT2D eigenvalue weighted by molar-refractivity contribution is 5.67. The first-order chi connectivity index (χ1) is 8.87. The van der Waals surface area contributed by atoms with E-state index in [4.69, 9.17) is 4.74 Å². The summed E-state index contributed by atoms with van der Waals surface area (Å²) in [6.07, 6.45) is 4.08. The van der Waals surface area contributed by atoms with Crippen molar-refractivity contribution in [2.45, 2.75) is 32.8 Å². The van der Waals surface area contributed by atoms with E-state index >= 15 is 0 Å². The maximum atomic E-state index is 12.7. The molecule has 3 nitrogen and oxygen atoms in total. The van der Waals surface area contributed by atoms with Crippen LogP contribution in [-0.4, -0.2) is 18.2 Å². The number of benzene rings is 1. The third-order valence-electron chi connectivity index (χ3n) is 2.16. The molecule has 0 fully saturated rings. The molecule has 0 atom stereocenters. The van der Waals surface area contributed by atoms with E-state index in [0.29, 0.717) is 13.0 Å². The molecule has 4 heteroatoms. The van der Waals surface area contributed by atoms with E-state index in [-0.39, 0.29) is 5.82 Å². The van der Waals surface area contributed by atoms with Gasteiger partial charge in [0, 0.05) is 6.54 Å². The Bertz CT molecular complexity index is 432. The monoisotopic (exact) mass is 265 g/mol. The van der Waals surface area contributed by atoms with E-state index in [2.05, 4.69) is 5.32 Å². The van der Waals surface area contributed by atoms with Crippen LogP contribution < -0.4 is 5.32 Å². The Labute approximate surface area is 113 Å². The predicted molar refractivity (Wildman–Crippen MR) is 74.3 cm³/mol. The zero-order valence-corrected chi connectivity index (χ0v) is 11.6. The number of halogens is 1. The fourth-order valence-corrected chi connectivity index (χ4v) is 1.37. The summed E-state index contributed by atoms with van der Waals surface area (Å²) < 4.78 is 17.8. The molecular weight excluding hydrogens is 245 g/mol. The molecule has 0 saturated heterocycles. The minimum atomic E-state index is -0.478. The Hall–Kier alpha value is -1.84. The quantitative estimate of drug-likeness (QED) is 0.842. The molecule has 0 spiro atoms. The maximum Gasteiger partial charge on any atom is 0.407 e. The maximum absolute atomic E-state index is 12.7. The number of hydrogen-bond acceptors (Lipinski definition) is 2. The third kappa shape index (κ3) is 7.24. The first kappa shape index (κ1) is 15.2. The summed E-state index contributed by atoms with van der Waals surface area (Å²) in [5.41, 5.74) is 0.451. The zero-order valence-electron chi connectivity index (χ0n) is 11.6. The van der Waals surface area contributed by atoms with Crippen molar-refractivity contribution in [2.24, 2.45) is 0 Å². The first-order valence-electron chi connectivity index (χ1n) is 6.26. The van der Waals surface area contributed by atoms with Crippen LogP contribution in [0.15, 0.2) is 30.3 Å². The third-order valence-corrected chi connectivity index (χ3v) is 2.16. The molecule has 19 heavy (non-hydrogen) atoms. The van der Waals surface area contributed by atoms with Crippen LogP contribution in [0.4, 0.5) is 9.18 Å². The van der Waals surface area contributed by atoms with Crippen LogP contribution in [0.1, 0.15) is 32.8 Å². The lowest BCUT2D eigenvalue weighted by atomic mass is 10.2. The van der Waals surface area contributed by atoms with E-state index in [1.165, 1.54) is 12.1 Å². The predicted octanol–water partition coefficient (Wildman–Crippen LogP) is 3.75. The van der Waals surface area contributed by atoms with E-state index in [1.54, 1.807) is 12.1 Å². The molecular formula is C15H20FNO2. The molecule has 1 N–H and O–H groups in total. The SMILES string of the molecule is CC(C)(C)OC(=O)NCCC=Cc1ccc(F)cc1. The van der Waals surface area contributed by atoms with Gasteiger partial charge in [-0.2, -0.15) is 0 Å². The summed E-state index contributed by atoms with van der Waals surface area (Å²) in [5.74, 6) is -0.247. The van der Waals surface area contributed by atoms with E-state index in [9.17, 15) is 9.18 Å². The van der Waals surface area contributed by atoms with Crippen LogP contribution in [0.5, 0.6) is 0 Å². The molecule has 0 aromatic heterocycles. The molecule has 0 unspecified atom stereocenters. The van der Waals surface area contributed by atoms with Crippen LogP contribution in [0.2, 0.25) is 0 Å². The van der Waals surface area contributed by atoms with Crippen LogP contribution in [0, 0.1) is 5.82 Å². The molecule has 0 saturated carbocycles. The smallest absolute Gasteiger partial charge is 0.407 e. The number of rotatable bonds is 4. The number of alkyl carbamates (subject to hydrolysis) is 1. The van der Waals surface area contributed by atoms with Crippen molar-refractivity contribution >= 4 is 12.2 Å². The molecule has 1 rings (SSSR count). The second kappa shape index (κ2) is 6.92. The van der Waals surface area contributed by atoms with Crippen molar-refractivity contribution in [1.29, 1.82) is 0 Å². The van der Waals surface area contributed by atoms with Gasteiger partial charge < -0.3 is 10.1 Å². The second-order valence-electron chi connectivity index (χ2n) is 5.17. The van der Waals surface area contributed by atoms with Gasteiger partial charge in [-0.1, -0.05) is 24.3 Å². The summed E-state index contributed by atoms with van der Waals surface area (Å²) in [6.45, 7) is 5.97. The zero-order chi connectivity index (χ0) is 14.3. The number of nitrogens with one attached hydrogen (secondary N) is 1. The van der Waals surface area contributed by atoms with E-state index < -0.39 is 11.7 Å². The first-order valence-corrected chi connectivity index (χ1v) is 6.26. The summed E-state index contributed by atoms with van der Waals surface area (Å²) in [4.78, 5) is 11.3. The van der Waals surface area contributed by atoms with Gasteiger partial charge in [0.25, 0.3) is 0 Å². The van der Waals surface area contributed by atoms with Crippen LogP contribution in [0.3, 0.4) is 0 Å². The molecule has 0 radical (unpaired) electrons. The Kier molecular flexibility index (Phi) is 5.55. The number of amides is 1. The van der Waals surface area contributed by atoms with Crippen molar-refractivity contribution in [1.82, 2.24) is 5.32 Å². The minimum Gasteiger partial charge on any atom is -0.444 e. The Morgan fingerprint density at radius 3 is 2.53 bits per heavy atom. The van der Waals surface area contributed by atoms with Gasteiger partial charge in [0.1, 0.15) is 11.4 Å². The Balaban J connectivity index is 2.24. The molecule has 1 amide bonds. The van der Waals surface area contributed by atoms with Gasteiger partial charge in [-0.25, -0.2) is 9.18 Å². The van der Waals surface area contributed by atoms with E-state index in [0.717, 1.165) is 5.56 Å². The van der Waals surface area contributed by atoms with E-state index in [1.807, 2.05) is 32.9 Å². The normalized spacial score (nSPS) is 11.6. The number of carbonyl (C=O) groups excluding carboxylic acids is 1.